The first-order valence-corrected chi connectivity index (χ1v) is 8.70. The lowest BCUT2D eigenvalue weighted by atomic mass is 9.97. The summed E-state index contributed by atoms with van der Waals surface area (Å²) in [5.74, 6) is 0.123. The fraction of sp³-hybridized carbons (Fsp3) is 0.412. The molecule has 122 valence electrons. The molecule has 2 aromatic rings. The number of nitrogens with zero attached hydrogens (tertiary/aromatic N) is 2. The molecule has 1 aliphatic carbocycles. The largest absolute Gasteiger partial charge is 0.335 e. The van der Waals surface area contributed by atoms with Gasteiger partial charge < -0.3 is 10.2 Å². The van der Waals surface area contributed by atoms with Gasteiger partial charge in [-0.15, -0.1) is 11.3 Å². The Hall–Kier alpha value is -1.95. The number of carbonyl (C=O) groups is 1. The molecule has 1 aliphatic rings. The summed E-state index contributed by atoms with van der Waals surface area (Å²) >= 11 is 1.53. The summed E-state index contributed by atoms with van der Waals surface area (Å²) < 4.78 is 13.3. The monoisotopic (exact) mass is 333 g/mol. The molecular formula is C17H20FN3OS. The Balaban J connectivity index is 1.52. The minimum absolute atomic E-state index is 0.0807. The topological polar surface area (TPSA) is 45.2 Å². The van der Waals surface area contributed by atoms with Crippen LogP contribution in [0.1, 0.15) is 36.4 Å². The number of hydrogen-bond donors (Lipinski definition) is 1. The molecule has 6 heteroatoms. The normalized spacial score (nSPS) is 20.4. The summed E-state index contributed by atoms with van der Waals surface area (Å²) in [6.45, 7) is 0.509. The predicted octanol–water partition coefficient (Wildman–Crippen LogP) is 3.76. The standard InChI is InChI=1S/C17H20FN3OS/c1-21(9-16-10-23-11-19-16)17(22)20-15-6-5-13(8-15)12-3-2-4-14(18)7-12/h2-4,7,10-11,13,15H,5-6,8-9H2,1H3,(H,20,22)/t13-,15-/m0/s1. The zero-order valence-corrected chi connectivity index (χ0v) is 13.9. The van der Waals surface area contributed by atoms with E-state index in [4.69, 9.17) is 0 Å². The van der Waals surface area contributed by atoms with E-state index in [0.29, 0.717) is 12.5 Å². The van der Waals surface area contributed by atoms with Crippen molar-refractivity contribution in [2.45, 2.75) is 37.8 Å². The lowest BCUT2D eigenvalue weighted by Crippen LogP contribution is -2.41. The number of amides is 2. The molecular weight excluding hydrogens is 313 g/mol. The van der Waals surface area contributed by atoms with Gasteiger partial charge in [0.15, 0.2) is 0 Å². The molecule has 3 rings (SSSR count). The number of carbonyl (C=O) groups excluding carboxylic acids is 1. The quantitative estimate of drug-likeness (QED) is 0.926. The van der Waals surface area contributed by atoms with Gasteiger partial charge >= 0.3 is 6.03 Å². The lowest BCUT2D eigenvalue weighted by Gasteiger charge is -2.20. The Bertz CT molecular complexity index is 662. The van der Waals surface area contributed by atoms with Crippen LogP contribution in [0.25, 0.3) is 0 Å². The summed E-state index contributed by atoms with van der Waals surface area (Å²) in [6.07, 6.45) is 2.77. The molecule has 2 amide bonds. The first kappa shape index (κ1) is 15.9. The molecule has 0 spiro atoms. The third kappa shape index (κ3) is 4.07. The van der Waals surface area contributed by atoms with E-state index < -0.39 is 0 Å². The summed E-state index contributed by atoms with van der Waals surface area (Å²) in [5, 5.41) is 5.02. The molecule has 0 aliphatic heterocycles. The van der Waals surface area contributed by atoms with E-state index >= 15 is 0 Å². The molecule has 0 saturated heterocycles. The molecule has 1 aromatic heterocycles. The second-order valence-electron chi connectivity index (χ2n) is 6.05. The number of aromatic nitrogens is 1. The summed E-state index contributed by atoms with van der Waals surface area (Å²) in [4.78, 5) is 18.1. The van der Waals surface area contributed by atoms with Gasteiger partial charge in [-0.2, -0.15) is 0 Å². The van der Waals surface area contributed by atoms with E-state index in [9.17, 15) is 9.18 Å². The van der Waals surface area contributed by atoms with Gasteiger partial charge in [0.2, 0.25) is 0 Å². The summed E-state index contributed by atoms with van der Waals surface area (Å²) in [7, 11) is 1.77. The highest BCUT2D eigenvalue weighted by Gasteiger charge is 2.28. The van der Waals surface area contributed by atoms with Crippen molar-refractivity contribution in [1.29, 1.82) is 0 Å². The second-order valence-corrected chi connectivity index (χ2v) is 6.77. The van der Waals surface area contributed by atoms with Crippen molar-refractivity contribution in [3.05, 3.63) is 52.2 Å². The van der Waals surface area contributed by atoms with Gasteiger partial charge in [0, 0.05) is 18.5 Å². The molecule has 0 bridgehead atoms. The van der Waals surface area contributed by atoms with Crippen molar-refractivity contribution in [3.63, 3.8) is 0 Å². The third-order valence-electron chi connectivity index (χ3n) is 4.31. The number of rotatable bonds is 4. The number of hydrogen-bond acceptors (Lipinski definition) is 3. The maximum atomic E-state index is 13.3. The van der Waals surface area contributed by atoms with Crippen LogP contribution in [0.3, 0.4) is 0 Å². The smallest absolute Gasteiger partial charge is 0.317 e. The van der Waals surface area contributed by atoms with Gasteiger partial charge in [-0.05, 0) is 42.9 Å². The molecule has 4 nitrogen and oxygen atoms in total. The van der Waals surface area contributed by atoms with E-state index in [-0.39, 0.29) is 17.9 Å². The van der Waals surface area contributed by atoms with Crippen LogP contribution in [0.5, 0.6) is 0 Å². The van der Waals surface area contributed by atoms with Crippen LogP contribution in [0.15, 0.2) is 35.2 Å². The Morgan fingerprint density at radius 3 is 3.09 bits per heavy atom. The first-order chi connectivity index (χ1) is 11.1. The molecule has 1 saturated carbocycles. The maximum absolute atomic E-state index is 13.3. The van der Waals surface area contributed by atoms with Gasteiger partial charge in [-0.3, -0.25) is 0 Å². The highest BCUT2D eigenvalue weighted by atomic mass is 32.1. The minimum atomic E-state index is -0.196. The molecule has 0 radical (unpaired) electrons. The van der Waals surface area contributed by atoms with E-state index in [1.54, 1.807) is 29.6 Å². The van der Waals surface area contributed by atoms with Crippen LogP contribution in [-0.4, -0.2) is 29.0 Å². The molecule has 1 aromatic carbocycles. The van der Waals surface area contributed by atoms with E-state index in [1.165, 1.54) is 17.4 Å². The summed E-state index contributed by atoms with van der Waals surface area (Å²) in [5.41, 5.74) is 3.69. The highest BCUT2D eigenvalue weighted by molar-refractivity contribution is 7.07. The van der Waals surface area contributed by atoms with Crippen molar-refractivity contribution >= 4 is 17.4 Å². The van der Waals surface area contributed by atoms with Crippen LogP contribution in [0, 0.1) is 5.82 Å². The Morgan fingerprint density at radius 2 is 2.35 bits per heavy atom. The van der Waals surface area contributed by atoms with Crippen molar-refractivity contribution in [2.75, 3.05) is 7.05 Å². The average molecular weight is 333 g/mol. The zero-order chi connectivity index (χ0) is 16.2. The first-order valence-electron chi connectivity index (χ1n) is 7.76. The van der Waals surface area contributed by atoms with Crippen molar-refractivity contribution in [3.8, 4) is 0 Å². The third-order valence-corrected chi connectivity index (χ3v) is 4.94. The van der Waals surface area contributed by atoms with Gasteiger partial charge in [0.25, 0.3) is 0 Å². The van der Waals surface area contributed by atoms with Crippen LogP contribution in [0.4, 0.5) is 9.18 Å². The SMILES string of the molecule is CN(Cc1cscn1)C(=O)N[C@H]1CC[C@H](c2cccc(F)c2)C1. The predicted molar refractivity (Wildman–Crippen MR) is 88.9 cm³/mol. The molecule has 1 heterocycles. The number of halogens is 1. The van der Waals surface area contributed by atoms with Crippen molar-refractivity contribution in [1.82, 2.24) is 15.2 Å². The van der Waals surface area contributed by atoms with E-state index in [2.05, 4.69) is 10.3 Å². The van der Waals surface area contributed by atoms with Gasteiger partial charge in [-0.25, -0.2) is 14.2 Å². The molecule has 1 fully saturated rings. The van der Waals surface area contributed by atoms with Crippen molar-refractivity contribution in [2.24, 2.45) is 0 Å². The number of urea groups is 1. The average Bonchev–Trinajstić information content (AvgIpc) is 3.19. The van der Waals surface area contributed by atoms with Crippen LogP contribution < -0.4 is 5.32 Å². The maximum Gasteiger partial charge on any atom is 0.317 e. The minimum Gasteiger partial charge on any atom is -0.335 e. The van der Waals surface area contributed by atoms with Gasteiger partial charge in [0.05, 0.1) is 17.7 Å². The Morgan fingerprint density at radius 1 is 1.48 bits per heavy atom. The highest BCUT2D eigenvalue weighted by Crippen LogP contribution is 2.34. The molecule has 1 N–H and O–H groups in total. The molecule has 0 unspecified atom stereocenters. The van der Waals surface area contributed by atoms with Gasteiger partial charge in [-0.1, -0.05) is 12.1 Å². The van der Waals surface area contributed by atoms with Crippen LogP contribution in [-0.2, 0) is 6.54 Å². The fourth-order valence-electron chi connectivity index (χ4n) is 3.09. The number of benzene rings is 1. The zero-order valence-electron chi connectivity index (χ0n) is 13.0. The Labute approximate surface area is 139 Å². The van der Waals surface area contributed by atoms with Crippen LogP contribution in [0.2, 0.25) is 0 Å². The number of thiazole rings is 1. The van der Waals surface area contributed by atoms with E-state index in [0.717, 1.165) is 30.5 Å². The molecule has 23 heavy (non-hydrogen) atoms. The molecule has 2 atom stereocenters. The van der Waals surface area contributed by atoms with Gasteiger partial charge in [0.1, 0.15) is 5.82 Å². The van der Waals surface area contributed by atoms with E-state index in [1.807, 2.05) is 11.4 Å². The Kier molecular flexibility index (Phi) is 4.91. The fourth-order valence-corrected chi connectivity index (χ4v) is 3.64. The van der Waals surface area contributed by atoms with Crippen LogP contribution >= 0.6 is 11.3 Å². The second kappa shape index (κ2) is 7.08. The summed E-state index contributed by atoms with van der Waals surface area (Å²) in [6, 6.07) is 6.84. The lowest BCUT2D eigenvalue weighted by molar-refractivity contribution is 0.202. The number of nitrogens with one attached hydrogen (secondary N) is 1. The van der Waals surface area contributed by atoms with Crippen molar-refractivity contribution < 1.29 is 9.18 Å².